The Morgan fingerprint density at radius 2 is 2.05 bits per heavy atom. The fourth-order valence-corrected chi connectivity index (χ4v) is 2.46. The summed E-state index contributed by atoms with van der Waals surface area (Å²) >= 11 is 0. The molecule has 2 rings (SSSR count). The summed E-state index contributed by atoms with van der Waals surface area (Å²) in [5.74, 6) is 1.42. The average Bonchev–Trinajstić information content (AvgIpc) is 2.92. The van der Waals surface area contributed by atoms with Gasteiger partial charge in [-0.2, -0.15) is 15.4 Å². The van der Waals surface area contributed by atoms with E-state index in [1.165, 1.54) is 16.7 Å². The molecule has 0 aliphatic heterocycles. The van der Waals surface area contributed by atoms with Gasteiger partial charge in [0.15, 0.2) is 0 Å². The monoisotopic (exact) mass is 273 g/mol. The maximum absolute atomic E-state index is 5.78. The van der Waals surface area contributed by atoms with Crippen LogP contribution in [0, 0.1) is 13.8 Å². The van der Waals surface area contributed by atoms with Gasteiger partial charge in [-0.3, -0.25) is 0 Å². The molecule has 1 unspecified atom stereocenters. The van der Waals surface area contributed by atoms with Crippen LogP contribution in [0.5, 0.6) is 5.75 Å². The van der Waals surface area contributed by atoms with E-state index in [1.807, 2.05) is 0 Å². The minimum absolute atomic E-state index is 0.416. The highest BCUT2D eigenvalue weighted by Crippen LogP contribution is 2.29. The van der Waals surface area contributed by atoms with Crippen molar-refractivity contribution in [1.29, 1.82) is 0 Å². The number of nitrogens with zero attached hydrogens (tertiary/aromatic N) is 2. The molecule has 0 fully saturated rings. The Morgan fingerprint density at radius 1 is 1.25 bits per heavy atom. The van der Waals surface area contributed by atoms with Gasteiger partial charge in [0.2, 0.25) is 0 Å². The molecule has 1 aromatic heterocycles. The number of hydrogen-bond acceptors (Lipinski definition) is 3. The standard InChI is InChI=1S/C16H23N3O/c1-5-6-20-16-9-12(3)15(8-13(16)4)11(2)7-14-10-17-19-18-14/h8-11H,5-7H2,1-4H3,(H,17,18,19). The summed E-state index contributed by atoms with van der Waals surface area (Å²) in [6.07, 6.45) is 3.71. The predicted molar refractivity (Wildman–Crippen MR) is 80.2 cm³/mol. The first-order valence-electron chi connectivity index (χ1n) is 7.20. The maximum Gasteiger partial charge on any atom is 0.122 e. The van der Waals surface area contributed by atoms with Crippen LogP contribution in [0.1, 0.15) is 48.6 Å². The SMILES string of the molecule is CCCOc1cc(C)c(C(C)Cc2cn[nH]n2)cc1C. The highest BCUT2D eigenvalue weighted by Gasteiger charge is 2.13. The highest BCUT2D eigenvalue weighted by atomic mass is 16.5. The molecule has 0 saturated heterocycles. The number of aromatic nitrogens is 3. The van der Waals surface area contributed by atoms with Gasteiger partial charge >= 0.3 is 0 Å². The third-order valence-electron chi connectivity index (χ3n) is 3.54. The van der Waals surface area contributed by atoms with Crippen molar-refractivity contribution in [3.05, 3.63) is 40.7 Å². The van der Waals surface area contributed by atoms with Crippen molar-refractivity contribution in [1.82, 2.24) is 15.4 Å². The number of H-pyrrole nitrogens is 1. The number of hydrogen-bond donors (Lipinski definition) is 1. The molecule has 0 saturated carbocycles. The molecular weight excluding hydrogens is 250 g/mol. The van der Waals surface area contributed by atoms with Crippen LogP contribution in [0.25, 0.3) is 0 Å². The molecule has 0 amide bonds. The third kappa shape index (κ3) is 3.38. The lowest BCUT2D eigenvalue weighted by molar-refractivity contribution is 0.315. The Bertz CT molecular complexity index is 549. The Labute approximate surface area is 120 Å². The molecule has 0 spiro atoms. The molecule has 1 N–H and O–H groups in total. The summed E-state index contributed by atoms with van der Waals surface area (Å²) in [5, 5.41) is 10.7. The van der Waals surface area contributed by atoms with E-state index < -0.39 is 0 Å². The zero-order valence-electron chi connectivity index (χ0n) is 12.7. The number of aromatic amines is 1. The fraction of sp³-hybridized carbons (Fsp3) is 0.500. The lowest BCUT2D eigenvalue weighted by Gasteiger charge is -2.17. The van der Waals surface area contributed by atoms with Gasteiger partial charge in [0.1, 0.15) is 5.75 Å². The molecule has 0 aliphatic rings. The number of nitrogens with one attached hydrogen (secondary N) is 1. The summed E-state index contributed by atoms with van der Waals surface area (Å²) in [7, 11) is 0. The van der Waals surface area contributed by atoms with E-state index in [2.05, 4.69) is 55.2 Å². The second-order valence-electron chi connectivity index (χ2n) is 5.39. The Kier molecular flexibility index (Phi) is 4.77. The molecule has 4 heteroatoms. The first-order valence-corrected chi connectivity index (χ1v) is 7.20. The summed E-state index contributed by atoms with van der Waals surface area (Å²) in [4.78, 5) is 0. The Balaban J connectivity index is 2.17. The minimum Gasteiger partial charge on any atom is -0.493 e. The smallest absolute Gasteiger partial charge is 0.122 e. The van der Waals surface area contributed by atoms with Crippen LogP contribution in [0.4, 0.5) is 0 Å². The van der Waals surface area contributed by atoms with Gasteiger partial charge in [0, 0.05) is 0 Å². The van der Waals surface area contributed by atoms with Gasteiger partial charge in [0.25, 0.3) is 0 Å². The van der Waals surface area contributed by atoms with Crippen molar-refractivity contribution < 1.29 is 4.74 Å². The van der Waals surface area contributed by atoms with E-state index in [0.717, 1.165) is 30.9 Å². The van der Waals surface area contributed by atoms with Gasteiger partial charge in [-0.1, -0.05) is 19.9 Å². The molecule has 1 atom stereocenters. The van der Waals surface area contributed by atoms with Crippen molar-refractivity contribution in [2.24, 2.45) is 0 Å². The molecular formula is C16H23N3O. The normalized spacial score (nSPS) is 12.4. The number of benzene rings is 1. The van der Waals surface area contributed by atoms with Gasteiger partial charge in [-0.25, -0.2) is 0 Å². The first kappa shape index (κ1) is 14.6. The quantitative estimate of drug-likeness (QED) is 0.875. The van der Waals surface area contributed by atoms with Crippen LogP contribution in [-0.4, -0.2) is 22.0 Å². The predicted octanol–water partition coefficient (Wildman–Crippen LogP) is 3.56. The molecule has 4 nitrogen and oxygen atoms in total. The van der Waals surface area contributed by atoms with E-state index in [4.69, 9.17) is 4.74 Å². The number of rotatable bonds is 6. The average molecular weight is 273 g/mol. The largest absolute Gasteiger partial charge is 0.493 e. The number of ether oxygens (including phenoxy) is 1. The van der Waals surface area contributed by atoms with Crippen molar-refractivity contribution in [3.8, 4) is 5.75 Å². The molecule has 0 radical (unpaired) electrons. The summed E-state index contributed by atoms with van der Waals surface area (Å²) in [6.45, 7) is 9.37. The first-order chi connectivity index (χ1) is 9.61. The lowest BCUT2D eigenvalue weighted by Crippen LogP contribution is -2.04. The highest BCUT2D eigenvalue weighted by molar-refractivity contribution is 5.43. The van der Waals surface area contributed by atoms with E-state index in [0.29, 0.717) is 5.92 Å². The van der Waals surface area contributed by atoms with Crippen molar-refractivity contribution >= 4 is 0 Å². The maximum atomic E-state index is 5.78. The van der Waals surface area contributed by atoms with Crippen LogP contribution >= 0.6 is 0 Å². The second kappa shape index (κ2) is 6.55. The van der Waals surface area contributed by atoms with Crippen molar-refractivity contribution in [3.63, 3.8) is 0 Å². The van der Waals surface area contributed by atoms with Crippen LogP contribution < -0.4 is 4.74 Å². The Hall–Kier alpha value is -1.84. The minimum atomic E-state index is 0.416. The van der Waals surface area contributed by atoms with Gasteiger partial charge in [-0.15, -0.1) is 0 Å². The Morgan fingerprint density at radius 3 is 2.70 bits per heavy atom. The van der Waals surface area contributed by atoms with Gasteiger partial charge in [-0.05, 0) is 55.4 Å². The summed E-state index contributed by atoms with van der Waals surface area (Å²) < 4.78 is 5.78. The molecule has 0 bridgehead atoms. The van der Waals surface area contributed by atoms with Gasteiger partial charge < -0.3 is 4.74 Å². The molecule has 2 aromatic rings. The van der Waals surface area contributed by atoms with E-state index >= 15 is 0 Å². The van der Waals surface area contributed by atoms with E-state index in [1.54, 1.807) is 6.20 Å². The second-order valence-corrected chi connectivity index (χ2v) is 5.39. The van der Waals surface area contributed by atoms with Crippen LogP contribution in [0.15, 0.2) is 18.3 Å². The van der Waals surface area contributed by atoms with Crippen molar-refractivity contribution in [2.75, 3.05) is 6.61 Å². The zero-order chi connectivity index (χ0) is 14.5. The molecule has 20 heavy (non-hydrogen) atoms. The van der Waals surface area contributed by atoms with Crippen molar-refractivity contribution in [2.45, 2.75) is 46.5 Å². The summed E-state index contributed by atoms with van der Waals surface area (Å²) in [6, 6.07) is 4.39. The van der Waals surface area contributed by atoms with E-state index in [9.17, 15) is 0 Å². The molecule has 108 valence electrons. The van der Waals surface area contributed by atoms with Crippen LogP contribution in [0.2, 0.25) is 0 Å². The molecule has 1 aromatic carbocycles. The molecule has 0 aliphatic carbocycles. The van der Waals surface area contributed by atoms with Gasteiger partial charge in [0.05, 0.1) is 18.5 Å². The van der Waals surface area contributed by atoms with E-state index in [-0.39, 0.29) is 0 Å². The summed E-state index contributed by atoms with van der Waals surface area (Å²) in [5.41, 5.74) is 4.83. The molecule has 1 heterocycles. The lowest BCUT2D eigenvalue weighted by atomic mass is 9.91. The number of aryl methyl sites for hydroxylation is 2. The zero-order valence-corrected chi connectivity index (χ0v) is 12.7. The van der Waals surface area contributed by atoms with Crippen LogP contribution in [0.3, 0.4) is 0 Å². The third-order valence-corrected chi connectivity index (χ3v) is 3.54. The van der Waals surface area contributed by atoms with Crippen LogP contribution in [-0.2, 0) is 6.42 Å². The topological polar surface area (TPSA) is 50.8 Å². The fourth-order valence-electron chi connectivity index (χ4n) is 2.46.